The van der Waals surface area contributed by atoms with Gasteiger partial charge >= 0.3 is 5.97 Å². The Morgan fingerprint density at radius 3 is 2.59 bits per heavy atom. The molecule has 0 saturated carbocycles. The molecule has 0 aliphatic heterocycles. The number of phenols is 1. The first-order valence-corrected chi connectivity index (χ1v) is 8.55. The molecule has 1 unspecified atom stereocenters. The quantitative estimate of drug-likeness (QED) is 0.673. The summed E-state index contributed by atoms with van der Waals surface area (Å²) in [6.07, 6.45) is 0. The van der Waals surface area contributed by atoms with Crippen LogP contribution < -0.4 is 0 Å². The third-order valence-corrected chi connectivity index (χ3v) is 4.82. The summed E-state index contributed by atoms with van der Waals surface area (Å²) in [5.41, 5.74) is 1.51. The van der Waals surface area contributed by atoms with E-state index in [4.69, 9.17) is 16.3 Å². The predicted octanol–water partition coefficient (Wildman–Crippen LogP) is 4.41. The maximum Gasteiger partial charge on any atom is 0.312 e. The van der Waals surface area contributed by atoms with Gasteiger partial charge in [0.25, 0.3) is 5.91 Å². The van der Waals surface area contributed by atoms with E-state index < -0.39 is 29.4 Å². The van der Waals surface area contributed by atoms with Gasteiger partial charge in [0.2, 0.25) is 0 Å². The lowest BCUT2D eigenvalue weighted by Gasteiger charge is -2.11. The number of carbonyl (C=O) groups excluding carboxylic acids is 2. The van der Waals surface area contributed by atoms with Gasteiger partial charge in [-0.25, -0.2) is 4.39 Å². The van der Waals surface area contributed by atoms with Crippen molar-refractivity contribution >= 4 is 34.4 Å². The Morgan fingerprint density at radius 2 is 1.96 bits per heavy atom. The number of fused-ring (bicyclic) bond motifs is 1. The van der Waals surface area contributed by atoms with Crippen LogP contribution >= 0.6 is 11.6 Å². The first kappa shape index (κ1) is 18.9. The van der Waals surface area contributed by atoms with E-state index >= 15 is 0 Å². The number of methoxy groups -OCH3 is 1. The Bertz CT molecular complexity index is 1070. The molecule has 0 radical (unpaired) electrons. The summed E-state index contributed by atoms with van der Waals surface area (Å²) in [6, 6.07) is 8.68. The minimum Gasteiger partial charge on any atom is -0.505 e. The van der Waals surface area contributed by atoms with Crippen molar-refractivity contribution < 1.29 is 23.8 Å². The van der Waals surface area contributed by atoms with Gasteiger partial charge in [-0.2, -0.15) is 0 Å². The SMILES string of the molecule is COC(=O)C(C)c1c(C)n(C(=O)c2cccc(Cl)c2)c2cc(F)c(O)cc12. The van der Waals surface area contributed by atoms with Crippen molar-refractivity contribution in [3.05, 3.63) is 64.1 Å². The molecule has 0 fully saturated rings. The third kappa shape index (κ3) is 3.17. The second-order valence-electron chi connectivity index (χ2n) is 6.22. The zero-order valence-corrected chi connectivity index (χ0v) is 15.7. The van der Waals surface area contributed by atoms with Crippen LogP contribution in [0.4, 0.5) is 4.39 Å². The van der Waals surface area contributed by atoms with Crippen molar-refractivity contribution in [2.45, 2.75) is 19.8 Å². The summed E-state index contributed by atoms with van der Waals surface area (Å²) >= 11 is 5.98. The van der Waals surface area contributed by atoms with Gasteiger partial charge in [0.15, 0.2) is 11.6 Å². The van der Waals surface area contributed by atoms with Gasteiger partial charge in [-0.15, -0.1) is 0 Å². The Morgan fingerprint density at radius 1 is 1.26 bits per heavy atom. The van der Waals surface area contributed by atoms with E-state index in [1.165, 1.54) is 23.8 Å². The topological polar surface area (TPSA) is 68.5 Å². The first-order chi connectivity index (χ1) is 12.8. The molecule has 0 aliphatic rings. The monoisotopic (exact) mass is 389 g/mol. The fourth-order valence-corrected chi connectivity index (χ4v) is 3.49. The second-order valence-corrected chi connectivity index (χ2v) is 6.65. The number of hydrogen-bond donors (Lipinski definition) is 1. The van der Waals surface area contributed by atoms with Crippen LogP contribution in [0, 0.1) is 12.7 Å². The molecule has 1 heterocycles. The van der Waals surface area contributed by atoms with Gasteiger partial charge < -0.3 is 9.84 Å². The van der Waals surface area contributed by atoms with E-state index in [1.807, 2.05) is 0 Å². The number of rotatable bonds is 3. The largest absolute Gasteiger partial charge is 0.505 e. The normalized spacial score (nSPS) is 12.2. The van der Waals surface area contributed by atoms with Crippen molar-refractivity contribution in [2.24, 2.45) is 0 Å². The van der Waals surface area contributed by atoms with Gasteiger partial charge in [-0.1, -0.05) is 17.7 Å². The molecule has 0 aliphatic carbocycles. The van der Waals surface area contributed by atoms with Gasteiger partial charge in [0, 0.05) is 27.7 Å². The minimum atomic E-state index is -0.864. The molecule has 3 rings (SSSR count). The molecule has 27 heavy (non-hydrogen) atoms. The van der Waals surface area contributed by atoms with E-state index in [0.29, 0.717) is 27.2 Å². The average Bonchev–Trinajstić information content (AvgIpc) is 2.91. The van der Waals surface area contributed by atoms with E-state index in [0.717, 1.165) is 6.07 Å². The van der Waals surface area contributed by atoms with Gasteiger partial charge in [0.1, 0.15) is 0 Å². The molecular formula is C20H17ClFNO4. The summed E-state index contributed by atoms with van der Waals surface area (Å²) in [5, 5.41) is 10.6. The highest BCUT2D eigenvalue weighted by Crippen LogP contribution is 2.36. The smallest absolute Gasteiger partial charge is 0.312 e. The van der Waals surface area contributed by atoms with Crippen LogP contribution in [-0.4, -0.2) is 28.7 Å². The van der Waals surface area contributed by atoms with Crippen LogP contribution in [-0.2, 0) is 9.53 Å². The number of aromatic nitrogens is 1. The number of halogens is 2. The van der Waals surface area contributed by atoms with Crippen LogP contribution in [0.3, 0.4) is 0 Å². The number of benzene rings is 2. The van der Waals surface area contributed by atoms with Gasteiger partial charge in [-0.3, -0.25) is 14.2 Å². The molecule has 1 aromatic heterocycles. The molecule has 1 atom stereocenters. The highest BCUT2D eigenvalue weighted by molar-refractivity contribution is 6.31. The van der Waals surface area contributed by atoms with E-state index in [2.05, 4.69) is 0 Å². The Hall–Kier alpha value is -2.86. The zero-order chi connectivity index (χ0) is 19.9. The van der Waals surface area contributed by atoms with Crippen molar-refractivity contribution in [2.75, 3.05) is 7.11 Å². The Labute approximate surface area is 159 Å². The Balaban J connectivity index is 2.32. The fourth-order valence-electron chi connectivity index (χ4n) is 3.30. The number of phenolic OH excluding ortho intramolecular Hbond substituents is 1. The molecule has 0 spiro atoms. The number of ether oxygens (including phenoxy) is 1. The first-order valence-electron chi connectivity index (χ1n) is 8.17. The van der Waals surface area contributed by atoms with Crippen molar-refractivity contribution in [1.82, 2.24) is 4.57 Å². The minimum absolute atomic E-state index is 0.249. The molecule has 3 aromatic rings. The molecule has 140 valence electrons. The number of carbonyl (C=O) groups is 2. The number of esters is 1. The maximum absolute atomic E-state index is 14.0. The summed E-state index contributed by atoms with van der Waals surface area (Å²) in [4.78, 5) is 25.2. The average molecular weight is 390 g/mol. The van der Waals surface area contributed by atoms with Crippen LogP contribution in [0.1, 0.15) is 34.5 Å². The van der Waals surface area contributed by atoms with E-state index in [-0.39, 0.29) is 5.52 Å². The van der Waals surface area contributed by atoms with E-state index in [9.17, 15) is 19.1 Å². The van der Waals surface area contributed by atoms with E-state index in [1.54, 1.807) is 32.0 Å². The predicted molar refractivity (Wildman–Crippen MR) is 99.9 cm³/mol. The van der Waals surface area contributed by atoms with Crippen molar-refractivity contribution in [3.8, 4) is 5.75 Å². The van der Waals surface area contributed by atoms with Crippen LogP contribution in [0.15, 0.2) is 36.4 Å². The van der Waals surface area contributed by atoms with Crippen LogP contribution in [0.2, 0.25) is 5.02 Å². The zero-order valence-electron chi connectivity index (χ0n) is 14.9. The summed E-state index contributed by atoms with van der Waals surface area (Å²) in [5.74, 6) is -3.06. The lowest BCUT2D eigenvalue weighted by atomic mass is 9.98. The third-order valence-electron chi connectivity index (χ3n) is 4.58. The molecule has 0 bridgehead atoms. The maximum atomic E-state index is 14.0. The lowest BCUT2D eigenvalue weighted by molar-refractivity contribution is -0.141. The molecule has 7 heteroatoms. The molecular weight excluding hydrogens is 373 g/mol. The van der Waals surface area contributed by atoms with Crippen LogP contribution in [0.25, 0.3) is 10.9 Å². The second kappa shape index (κ2) is 7.04. The molecule has 1 N–H and O–H groups in total. The Kier molecular flexibility index (Phi) is 4.93. The number of aromatic hydroxyl groups is 1. The molecule has 0 saturated heterocycles. The van der Waals surface area contributed by atoms with Crippen molar-refractivity contribution in [1.29, 1.82) is 0 Å². The van der Waals surface area contributed by atoms with Gasteiger partial charge in [0.05, 0.1) is 18.5 Å². The lowest BCUT2D eigenvalue weighted by Crippen LogP contribution is -2.16. The number of hydrogen-bond acceptors (Lipinski definition) is 4. The molecule has 2 aromatic carbocycles. The standard InChI is InChI=1S/C20H17ClFNO4/c1-10(20(26)27-3)18-11(2)23(16-9-15(22)17(24)8-14(16)18)19(25)12-5-4-6-13(21)7-12/h4-10,24H,1-3H3. The fraction of sp³-hybridized carbons (Fsp3) is 0.200. The molecule has 5 nitrogen and oxygen atoms in total. The highest BCUT2D eigenvalue weighted by Gasteiger charge is 2.28. The molecule has 0 amide bonds. The highest BCUT2D eigenvalue weighted by atomic mass is 35.5. The van der Waals surface area contributed by atoms with Crippen LogP contribution in [0.5, 0.6) is 5.75 Å². The van der Waals surface area contributed by atoms with Crippen molar-refractivity contribution in [3.63, 3.8) is 0 Å². The summed E-state index contributed by atoms with van der Waals surface area (Å²) in [6.45, 7) is 3.29. The number of nitrogens with zero attached hydrogens (tertiary/aromatic N) is 1. The van der Waals surface area contributed by atoms with Gasteiger partial charge in [-0.05, 0) is 43.7 Å². The summed E-state index contributed by atoms with van der Waals surface area (Å²) < 4.78 is 20.2. The summed E-state index contributed by atoms with van der Waals surface area (Å²) in [7, 11) is 1.27.